The predicted octanol–water partition coefficient (Wildman–Crippen LogP) is 3.32. The molecule has 0 saturated heterocycles. The van der Waals surface area contributed by atoms with E-state index < -0.39 is 0 Å². The van der Waals surface area contributed by atoms with Crippen LogP contribution in [-0.4, -0.2) is 58.5 Å². The zero-order valence-corrected chi connectivity index (χ0v) is 17.7. The maximum atomic E-state index is 5.25. The summed E-state index contributed by atoms with van der Waals surface area (Å²) in [6.45, 7) is 3.28. The fourth-order valence-electron chi connectivity index (χ4n) is 4.33. The normalized spacial score (nSPS) is 16.7. The summed E-state index contributed by atoms with van der Waals surface area (Å²) >= 11 is 0. The van der Waals surface area contributed by atoms with Crippen LogP contribution in [0, 0.1) is 0 Å². The molecule has 0 aliphatic heterocycles. The van der Waals surface area contributed by atoms with E-state index in [1.165, 1.54) is 23.4 Å². The van der Waals surface area contributed by atoms with Gasteiger partial charge in [-0.25, -0.2) is 4.98 Å². The van der Waals surface area contributed by atoms with E-state index in [0.717, 1.165) is 50.4 Å². The molecule has 6 nitrogen and oxygen atoms in total. The molecule has 154 valence electrons. The Balaban J connectivity index is 1.60. The number of hydrogen-bond donors (Lipinski definition) is 0. The third-order valence-electron chi connectivity index (χ3n) is 5.91. The third kappa shape index (κ3) is 4.34. The molecular formula is C23H31N5O. The van der Waals surface area contributed by atoms with Crippen LogP contribution in [0.15, 0.2) is 42.7 Å². The Morgan fingerprint density at radius 2 is 2.07 bits per heavy atom. The van der Waals surface area contributed by atoms with Crippen LogP contribution in [0.3, 0.4) is 0 Å². The number of rotatable bonds is 8. The molecule has 0 radical (unpaired) electrons. The van der Waals surface area contributed by atoms with Crippen molar-refractivity contribution in [3.8, 4) is 0 Å². The number of hydrogen-bond acceptors (Lipinski definition) is 5. The number of aryl methyl sites for hydroxylation is 1. The van der Waals surface area contributed by atoms with Crippen molar-refractivity contribution in [3.05, 3.63) is 65.4 Å². The van der Waals surface area contributed by atoms with Gasteiger partial charge in [-0.3, -0.25) is 14.8 Å². The van der Waals surface area contributed by atoms with Gasteiger partial charge in [0.15, 0.2) is 0 Å². The first-order chi connectivity index (χ1) is 14.2. The summed E-state index contributed by atoms with van der Waals surface area (Å²) < 4.78 is 7.47. The van der Waals surface area contributed by atoms with Gasteiger partial charge in [0, 0.05) is 39.1 Å². The molecule has 0 fully saturated rings. The Kier molecular flexibility index (Phi) is 6.23. The first-order valence-electron chi connectivity index (χ1n) is 10.4. The van der Waals surface area contributed by atoms with Gasteiger partial charge in [-0.15, -0.1) is 0 Å². The summed E-state index contributed by atoms with van der Waals surface area (Å²) in [5.41, 5.74) is 6.04. The molecule has 29 heavy (non-hydrogen) atoms. The molecule has 0 aromatic carbocycles. The van der Waals surface area contributed by atoms with Crippen LogP contribution in [0.1, 0.15) is 41.5 Å². The van der Waals surface area contributed by atoms with Crippen LogP contribution in [-0.2, 0) is 24.2 Å². The van der Waals surface area contributed by atoms with Gasteiger partial charge in [0.05, 0.1) is 29.7 Å². The highest BCUT2D eigenvalue weighted by atomic mass is 16.5. The second-order valence-corrected chi connectivity index (χ2v) is 8.04. The van der Waals surface area contributed by atoms with E-state index in [1.54, 1.807) is 7.11 Å². The smallest absolute Gasteiger partial charge is 0.137 e. The van der Waals surface area contributed by atoms with E-state index in [0.29, 0.717) is 6.04 Å². The van der Waals surface area contributed by atoms with Crippen LogP contribution >= 0.6 is 0 Å². The highest BCUT2D eigenvalue weighted by molar-refractivity contribution is 5.43. The number of ether oxygens (including phenoxy) is 1. The van der Waals surface area contributed by atoms with E-state index in [9.17, 15) is 0 Å². The molecule has 0 saturated carbocycles. The number of nitrogens with zero attached hydrogens (tertiary/aromatic N) is 5. The fourth-order valence-corrected chi connectivity index (χ4v) is 4.33. The van der Waals surface area contributed by atoms with Gasteiger partial charge in [0.25, 0.3) is 0 Å². The van der Waals surface area contributed by atoms with E-state index in [1.807, 2.05) is 6.20 Å². The molecule has 0 N–H and O–H groups in total. The number of pyridine rings is 2. The van der Waals surface area contributed by atoms with Crippen LogP contribution in [0.2, 0.25) is 0 Å². The highest BCUT2D eigenvalue weighted by Gasteiger charge is 2.26. The zero-order valence-electron chi connectivity index (χ0n) is 17.7. The zero-order chi connectivity index (χ0) is 20.2. The van der Waals surface area contributed by atoms with Crippen LogP contribution in [0.25, 0.3) is 5.65 Å². The molecule has 1 unspecified atom stereocenters. The van der Waals surface area contributed by atoms with Gasteiger partial charge in [0.2, 0.25) is 0 Å². The summed E-state index contributed by atoms with van der Waals surface area (Å²) in [7, 11) is 6.09. The SMILES string of the molecule is COCCN(C)Cc1c(CN(C)C2CCCc3cccnc32)nc2ccccn12. The van der Waals surface area contributed by atoms with Gasteiger partial charge in [0.1, 0.15) is 5.65 Å². The molecule has 3 aromatic rings. The summed E-state index contributed by atoms with van der Waals surface area (Å²) in [4.78, 5) is 14.4. The number of aromatic nitrogens is 3. The average molecular weight is 394 g/mol. The second kappa shape index (κ2) is 9.03. The van der Waals surface area contributed by atoms with Crippen molar-refractivity contribution in [1.82, 2.24) is 24.2 Å². The van der Waals surface area contributed by atoms with Gasteiger partial charge < -0.3 is 9.14 Å². The number of imidazole rings is 1. The van der Waals surface area contributed by atoms with Crippen molar-refractivity contribution < 1.29 is 4.74 Å². The number of likely N-dealkylation sites (N-methyl/N-ethyl adjacent to an activating group) is 1. The average Bonchev–Trinajstić information content (AvgIpc) is 3.08. The van der Waals surface area contributed by atoms with Crippen molar-refractivity contribution in [2.75, 3.05) is 34.4 Å². The first kappa shape index (κ1) is 20.0. The molecule has 3 aromatic heterocycles. The fraction of sp³-hybridized carbons (Fsp3) is 0.478. The standard InChI is InChI=1S/C23H31N5O/c1-26(14-15-29-3)17-21-19(25-22-11-4-5-13-28(21)22)16-27(2)20-10-6-8-18-9-7-12-24-23(18)20/h4-5,7,9,11-13,20H,6,8,10,14-17H2,1-3H3. The molecule has 4 rings (SSSR count). The van der Waals surface area contributed by atoms with Crippen molar-refractivity contribution in [2.45, 2.75) is 38.4 Å². The van der Waals surface area contributed by atoms with Gasteiger partial charge >= 0.3 is 0 Å². The van der Waals surface area contributed by atoms with Crippen LogP contribution < -0.4 is 0 Å². The van der Waals surface area contributed by atoms with Gasteiger partial charge in [-0.05, 0) is 57.1 Å². The maximum absolute atomic E-state index is 5.25. The van der Waals surface area contributed by atoms with Crippen LogP contribution in [0.5, 0.6) is 0 Å². The Labute approximate surface area is 173 Å². The number of fused-ring (bicyclic) bond motifs is 2. The third-order valence-corrected chi connectivity index (χ3v) is 5.91. The Hall–Kier alpha value is -2.28. The summed E-state index contributed by atoms with van der Waals surface area (Å²) in [5.74, 6) is 0. The van der Waals surface area contributed by atoms with Crippen molar-refractivity contribution in [3.63, 3.8) is 0 Å². The Morgan fingerprint density at radius 3 is 2.93 bits per heavy atom. The van der Waals surface area contributed by atoms with E-state index in [-0.39, 0.29) is 0 Å². The minimum atomic E-state index is 0.351. The van der Waals surface area contributed by atoms with Crippen molar-refractivity contribution in [2.24, 2.45) is 0 Å². The Bertz CT molecular complexity index is 953. The molecule has 1 aliphatic rings. The molecule has 6 heteroatoms. The Morgan fingerprint density at radius 1 is 1.17 bits per heavy atom. The minimum Gasteiger partial charge on any atom is -0.383 e. The predicted molar refractivity (Wildman–Crippen MR) is 115 cm³/mol. The van der Waals surface area contributed by atoms with E-state index in [4.69, 9.17) is 14.7 Å². The molecule has 1 aliphatic carbocycles. The second-order valence-electron chi connectivity index (χ2n) is 8.04. The molecular weight excluding hydrogens is 362 g/mol. The monoisotopic (exact) mass is 393 g/mol. The van der Waals surface area contributed by atoms with E-state index >= 15 is 0 Å². The molecule has 0 spiro atoms. The molecule has 1 atom stereocenters. The summed E-state index contributed by atoms with van der Waals surface area (Å²) in [6.07, 6.45) is 7.54. The van der Waals surface area contributed by atoms with Gasteiger partial charge in [-0.2, -0.15) is 0 Å². The lowest BCUT2D eigenvalue weighted by atomic mass is 9.91. The molecule has 0 amide bonds. The van der Waals surface area contributed by atoms with E-state index in [2.05, 4.69) is 64.8 Å². The lowest BCUT2D eigenvalue weighted by Gasteiger charge is -2.32. The highest BCUT2D eigenvalue weighted by Crippen LogP contribution is 2.33. The maximum Gasteiger partial charge on any atom is 0.137 e. The van der Waals surface area contributed by atoms with Crippen molar-refractivity contribution in [1.29, 1.82) is 0 Å². The summed E-state index contributed by atoms with van der Waals surface area (Å²) in [5, 5.41) is 0. The lowest BCUT2D eigenvalue weighted by molar-refractivity contribution is 0.157. The quantitative estimate of drug-likeness (QED) is 0.588. The minimum absolute atomic E-state index is 0.351. The molecule has 0 bridgehead atoms. The molecule has 3 heterocycles. The van der Waals surface area contributed by atoms with Gasteiger partial charge in [-0.1, -0.05) is 12.1 Å². The number of methoxy groups -OCH3 is 1. The topological polar surface area (TPSA) is 45.9 Å². The van der Waals surface area contributed by atoms with Crippen molar-refractivity contribution >= 4 is 5.65 Å². The largest absolute Gasteiger partial charge is 0.383 e. The lowest BCUT2D eigenvalue weighted by Crippen LogP contribution is -2.29. The van der Waals surface area contributed by atoms with Crippen LogP contribution in [0.4, 0.5) is 0 Å². The first-order valence-corrected chi connectivity index (χ1v) is 10.4. The summed E-state index contributed by atoms with van der Waals surface area (Å²) in [6, 6.07) is 10.8.